The van der Waals surface area contributed by atoms with E-state index in [0.29, 0.717) is 12.1 Å². The van der Waals surface area contributed by atoms with E-state index >= 15 is 0 Å². The summed E-state index contributed by atoms with van der Waals surface area (Å²) >= 11 is 3.22. The van der Waals surface area contributed by atoms with Gasteiger partial charge >= 0.3 is 0 Å². The average Bonchev–Trinajstić information content (AvgIpc) is 2.41. The molecule has 3 nitrogen and oxygen atoms in total. The zero-order valence-electron chi connectivity index (χ0n) is 10.3. The molecule has 98 valence electrons. The minimum Gasteiger partial charge on any atom is -0.270 e. The van der Waals surface area contributed by atoms with Gasteiger partial charge in [0.05, 0.1) is 28.3 Å². The smallest absolute Gasteiger partial charge is 0.265 e. The van der Waals surface area contributed by atoms with E-state index in [0.717, 1.165) is 11.3 Å². The van der Waals surface area contributed by atoms with Gasteiger partial charge in [-0.05, 0) is 36.8 Å². The normalized spacial score (nSPS) is 10.3. The van der Waals surface area contributed by atoms with Gasteiger partial charge in [0.15, 0.2) is 0 Å². The highest BCUT2D eigenvalue weighted by Crippen LogP contribution is 2.14. The molecule has 19 heavy (non-hydrogen) atoms. The third-order valence-electron chi connectivity index (χ3n) is 2.61. The summed E-state index contributed by atoms with van der Waals surface area (Å²) < 4.78 is 14.2. The van der Waals surface area contributed by atoms with Gasteiger partial charge in [-0.2, -0.15) is 0 Å². The maximum atomic E-state index is 12.8. The van der Waals surface area contributed by atoms with Crippen LogP contribution in [0.2, 0.25) is 0 Å². The molecule has 0 saturated heterocycles. The first-order valence-corrected chi connectivity index (χ1v) is 6.42. The Bertz CT molecular complexity index is 569. The molecule has 0 atom stereocenters. The second-order valence-corrected chi connectivity index (χ2v) is 5.00. The first kappa shape index (κ1) is 13.7. The highest BCUT2D eigenvalue weighted by molar-refractivity contribution is 9.07. The summed E-state index contributed by atoms with van der Waals surface area (Å²) in [6, 6.07) is 9.53. The number of pyridine rings is 1. The molecule has 0 fully saturated rings. The van der Waals surface area contributed by atoms with Crippen molar-refractivity contribution in [3.05, 3.63) is 65.2 Å². The molecule has 0 radical (unpaired) electrons. The molecule has 2 rings (SSSR count). The average molecular weight is 323 g/mol. The molecule has 1 amide bonds. The van der Waals surface area contributed by atoms with Crippen molar-refractivity contribution in [3.8, 4) is 0 Å². The summed E-state index contributed by atoms with van der Waals surface area (Å²) in [4.78, 5) is 16.2. The van der Waals surface area contributed by atoms with Crippen molar-refractivity contribution in [1.82, 2.24) is 8.91 Å². The predicted molar refractivity (Wildman–Crippen MR) is 74.2 cm³/mol. The van der Waals surface area contributed by atoms with E-state index < -0.39 is 0 Å². The second kappa shape index (κ2) is 5.93. The van der Waals surface area contributed by atoms with Crippen molar-refractivity contribution >= 4 is 22.1 Å². The van der Waals surface area contributed by atoms with Gasteiger partial charge in [-0.15, -0.1) is 0 Å². The van der Waals surface area contributed by atoms with Crippen molar-refractivity contribution in [1.29, 1.82) is 0 Å². The molecule has 0 saturated carbocycles. The number of carbonyl (C=O) groups excluding carboxylic acids is 1. The lowest BCUT2D eigenvalue weighted by Gasteiger charge is -2.14. The quantitative estimate of drug-likeness (QED) is 0.810. The summed E-state index contributed by atoms with van der Waals surface area (Å²) in [6.45, 7) is 2.21. The summed E-state index contributed by atoms with van der Waals surface area (Å²) in [6.07, 6.45) is 1.54. The molecule has 1 aromatic carbocycles. The van der Waals surface area contributed by atoms with Crippen LogP contribution in [0.15, 0.2) is 42.6 Å². The van der Waals surface area contributed by atoms with Crippen LogP contribution in [0.3, 0.4) is 0 Å². The number of hydrogen-bond acceptors (Lipinski definition) is 2. The van der Waals surface area contributed by atoms with Crippen molar-refractivity contribution in [3.63, 3.8) is 0 Å². The fraction of sp³-hybridized carbons (Fsp3) is 0.143. The molecule has 0 aliphatic rings. The predicted octanol–water partition coefficient (Wildman–Crippen LogP) is 3.48. The van der Waals surface area contributed by atoms with Crippen molar-refractivity contribution < 1.29 is 9.18 Å². The topological polar surface area (TPSA) is 33.2 Å². The van der Waals surface area contributed by atoms with Gasteiger partial charge in [0.1, 0.15) is 5.82 Å². The standard InChI is InChI=1S/C14H12BrFN2O/c1-10-2-5-12(8-17-10)14(19)18(15)9-11-3-6-13(16)7-4-11/h2-8H,9H2,1H3. The Kier molecular flexibility index (Phi) is 4.27. The van der Waals surface area contributed by atoms with Gasteiger partial charge in [-0.1, -0.05) is 12.1 Å². The zero-order valence-corrected chi connectivity index (χ0v) is 11.9. The van der Waals surface area contributed by atoms with Crippen molar-refractivity contribution in [2.24, 2.45) is 0 Å². The number of rotatable bonds is 3. The SMILES string of the molecule is Cc1ccc(C(=O)N(Br)Cc2ccc(F)cc2)cn1. The Labute approximate surface area is 119 Å². The lowest BCUT2D eigenvalue weighted by atomic mass is 10.2. The number of nitrogens with zero attached hydrogens (tertiary/aromatic N) is 2. The van der Waals surface area contributed by atoms with Crippen LogP contribution >= 0.6 is 16.1 Å². The minimum absolute atomic E-state index is 0.183. The first-order chi connectivity index (χ1) is 9.06. The molecular formula is C14H12BrFN2O. The molecular weight excluding hydrogens is 311 g/mol. The number of aryl methyl sites for hydroxylation is 1. The van der Waals surface area contributed by atoms with Gasteiger partial charge in [0, 0.05) is 11.9 Å². The molecule has 0 N–H and O–H groups in total. The number of hydrogen-bond donors (Lipinski definition) is 0. The van der Waals surface area contributed by atoms with Crippen LogP contribution in [0.1, 0.15) is 21.6 Å². The lowest BCUT2D eigenvalue weighted by molar-refractivity contribution is 0.0873. The van der Waals surface area contributed by atoms with Crippen LogP contribution in [0.25, 0.3) is 0 Å². The molecule has 0 spiro atoms. The van der Waals surface area contributed by atoms with Crippen molar-refractivity contribution in [2.75, 3.05) is 0 Å². The molecule has 5 heteroatoms. The Morgan fingerprint density at radius 3 is 2.53 bits per heavy atom. The van der Waals surface area contributed by atoms with Gasteiger partial charge in [0.2, 0.25) is 0 Å². The fourth-order valence-electron chi connectivity index (χ4n) is 1.56. The molecule has 0 aliphatic heterocycles. The Hall–Kier alpha value is -1.75. The number of carbonyl (C=O) groups is 1. The van der Waals surface area contributed by atoms with E-state index in [1.165, 1.54) is 22.3 Å². The largest absolute Gasteiger partial charge is 0.270 e. The highest BCUT2D eigenvalue weighted by Gasteiger charge is 2.13. The van der Waals surface area contributed by atoms with E-state index in [2.05, 4.69) is 21.1 Å². The van der Waals surface area contributed by atoms with E-state index in [4.69, 9.17) is 0 Å². The number of amides is 1. The number of benzene rings is 1. The van der Waals surface area contributed by atoms with Gasteiger partial charge in [-0.25, -0.2) is 4.39 Å². The van der Waals surface area contributed by atoms with E-state index in [1.54, 1.807) is 24.3 Å². The zero-order chi connectivity index (χ0) is 13.8. The fourth-order valence-corrected chi connectivity index (χ4v) is 2.05. The number of aromatic nitrogens is 1. The maximum Gasteiger partial charge on any atom is 0.265 e. The van der Waals surface area contributed by atoms with Crippen LogP contribution in [0.4, 0.5) is 4.39 Å². The third-order valence-corrected chi connectivity index (χ3v) is 3.19. The van der Waals surface area contributed by atoms with Crippen LogP contribution in [0, 0.1) is 12.7 Å². The Morgan fingerprint density at radius 1 is 1.26 bits per heavy atom. The molecule has 1 aromatic heterocycles. The maximum absolute atomic E-state index is 12.8. The van der Waals surface area contributed by atoms with Gasteiger partial charge in [0.25, 0.3) is 5.91 Å². The monoisotopic (exact) mass is 322 g/mol. The summed E-state index contributed by atoms with van der Waals surface area (Å²) in [5, 5.41) is 0. The van der Waals surface area contributed by atoms with Gasteiger partial charge in [-0.3, -0.25) is 13.7 Å². The number of halogens is 2. The second-order valence-electron chi connectivity index (χ2n) is 4.14. The molecule has 0 aliphatic carbocycles. The van der Waals surface area contributed by atoms with Crippen LogP contribution in [-0.2, 0) is 6.54 Å². The van der Waals surface area contributed by atoms with Gasteiger partial charge < -0.3 is 0 Å². The van der Waals surface area contributed by atoms with Crippen LogP contribution in [0.5, 0.6) is 0 Å². The summed E-state index contributed by atoms with van der Waals surface area (Å²) in [5.74, 6) is -0.476. The van der Waals surface area contributed by atoms with Crippen LogP contribution in [-0.4, -0.2) is 14.8 Å². The van der Waals surface area contributed by atoms with E-state index in [1.807, 2.05) is 6.92 Å². The Morgan fingerprint density at radius 2 is 1.95 bits per heavy atom. The highest BCUT2D eigenvalue weighted by atomic mass is 79.9. The first-order valence-electron chi connectivity index (χ1n) is 5.71. The minimum atomic E-state index is -0.293. The van der Waals surface area contributed by atoms with E-state index in [9.17, 15) is 9.18 Å². The Balaban J connectivity index is 2.07. The molecule has 0 bridgehead atoms. The van der Waals surface area contributed by atoms with Crippen molar-refractivity contribution in [2.45, 2.75) is 13.5 Å². The summed E-state index contributed by atoms with van der Waals surface area (Å²) in [5.41, 5.74) is 2.20. The third kappa shape index (κ3) is 3.61. The molecule has 0 unspecified atom stereocenters. The lowest BCUT2D eigenvalue weighted by Crippen LogP contribution is -2.20. The van der Waals surface area contributed by atoms with Crippen LogP contribution < -0.4 is 0 Å². The molecule has 2 aromatic rings. The van der Waals surface area contributed by atoms with E-state index in [-0.39, 0.29) is 11.7 Å². The summed E-state index contributed by atoms with van der Waals surface area (Å²) in [7, 11) is 0. The molecule has 1 heterocycles.